The third-order valence-electron chi connectivity index (χ3n) is 3.45. The van der Waals surface area contributed by atoms with Gasteiger partial charge < -0.3 is 4.74 Å². The molecular formula is C16H12Cl2O2. The largest absolute Gasteiger partial charge is 0.425 e. The molecule has 2 atom stereocenters. The van der Waals surface area contributed by atoms with Gasteiger partial charge in [0.15, 0.2) is 0 Å². The van der Waals surface area contributed by atoms with E-state index < -0.39 is 0 Å². The van der Waals surface area contributed by atoms with E-state index in [9.17, 15) is 4.79 Å². The van der Waals surface area contributed by atoms with E-state index >= 15 is 0 Å². The van der Waals surface area contributed by atoms with Crippen LogP contribution < -0.4 is 4.74 Å². The summed E-state index contributed by atoms with van der Waals surface area (Å²) < 4.78 is 5.35. The third-order valence-corrected chi connectivity index (χ3v) is 4.10. The van der Waals surface area contributed by atoms with Crippen LogP contribution in [0.1, 0.15) is 17.9 Å². The zero-order chi connectivity index (χ0) is 14.1. The highest BCUT2D eigenvalue weighted by Crippen LogP contribution is 2.50. The number of ether oxygens (including phenoxy) is 1. The van der Waals surface area contributed by atoms with Gasteiger partial charge in [0.05, 0.1) is 10.9 Å². The lowest BCUT2D eigenvalue weighted by atomic mass is 10.1. The molecule has 0 aromatic heterocycles. The molecule has 1 saturated carbocycles. The fourth-order valence-electron chi connectivity index (χ4n) is 2.29. The number of benzene rings is 2. The van der Waals surface area contributed by atoms with Crippen LogP contribution in [0.25, 0.3) is 0 Å². The summed E-state index contributed by atoms with van der Waals surface area (Å²) in [6.45, 7) is 0. The molecule has 0 bridgehead atoms. The third kappa shape index (κ3) is 2.67. The van der Waals surface area contributed by atoms with Gasteiger partial charge in [-0.1, -0.05) is 53.5 Å². The first kappa shape index (κ1) is 13.5. The zero-order valence-corrected chi connectivity index (χ0v) is 12.1. The first-order valence-corrected chi connectivity index (χ1v) is 7.13. The molecule has 0 aliphatic heterocycles. The average Bonchev–Trinajstić information content (AvgIpc) is 3.22. The molecule has 20 heavy (non-hydrogen) atoms. The van der Waals surface area contributed by atoms with E-state index in [1.165, 1.54) is 0 Å². The first-order valence-electron chi connectivity index (χ1n) is 6.37. The van der Waals surface area contributed by atoms with Gasteiger partial charge in [-0.2, -0.15) is 0 Å². The van der Waals surface area contributed by atoms with Gasteiger partial charge in [0.1, 0.15) is 5.75 Å². The number of esters is 1. The molecule has 0 amide bonds. The standard InChI is InChI=1S/C16H12Cl2O2/c17-13-6-2-1-5-10(13)11-9-12(11)16(19)20-15-8-4-3-7-14(15)18/h1-8,11-12H,9H2. The second-order valence-electron chi connectivity index (χ2n) is 4.82. The maximum absolute atomic E-state index is 12.1. The van der Waals surface area contributed by atoms with Crippen molar-refractivity contribution < 1.29 is 9.53 Å². The monoisotopic (exact) mass is 306 g/mol. The van der Waals surface area contributed by atoms with E-state index in [1.54, 1.807) is 24.3 Å². The highest BCUT2D eigenvalue weighted by Gasteiger charge is 2.46. The summed E-state index contributed by atoms with van der Waals surface area (Å²) in [6.07, 6.45) is 0.771. The maximum Gasteiger partial charge on any atom is 0.315 e. The van der Waals surface area contributed by atoms with Gasteiger partial charge >= 0.3 is 5.97 Å². The first-order chi connectivity index (χ1) is 9.66. The lowest BCUT2D eigenvalue weighted by molar-refractivity contribution is -0.135. The predicted molar refractivity (Wildman–Crippen MR) is 79.4 cm³/mol. The number of halogens is 2. The number of hydrogen-bond acceptors (Lipinski definition) is 2. The van der Waals surface area contributed by atoms with Gasteiger partial charge in [0.2, 0.25) is 0 Å². The van der Waals surface area contributed by atoms with E-state index in [0.717, 1.165) is 12.0 Å². The Bertz CT molecular complexity index is 654. The van der Waals surface area contributed by atoms with Crippen LogP contribution in [0.2, 0.25) is 10.0 Å². The number of hydrogen-bond donors (Lipinski definition) is 0. The molecule has 0 N–H and O–H groups in total. The van der Waals surface area contributed by atoms with Crippen LogP contribution in [0.3, 0.4) is 0 Å². The second-order valence-corrected chi connectivity index (χ2v) is 5.64. The summed E-state index contributed by atoms with van der Waals surface area (Å²) >= 11 is 12.1. The smallest absolute Gasteiger partial charge is 0.315 e. The normalized spacial score (nSPS) is 20.5. The maximum atomic E-state index is 12.1. The van der Waals surface area contributed by atoms with Crippen molar-refractivity contribution in [1.82, 2.24) is 0 Å². The average molecular weight is 307 g/mol. The van der Waals surface area contributed by atoms with E-state index in [1.807, 2.05) is 24.3 Å². The van der Waals surface area contributed by atoms with E-state index in [0.29, 0.717) is 15.8 Å². The van der Waals surface area contributed by atoms with Gasteiger partial charge in [-0.15, -0.1) is 0 Å². The molecule has 102 valence electrons. The van der Waals surface area contributed by atoms with Crippen LogP contribution in [0.4, 0.5) is 0 Å². The molecule has 0 saturated heterocycles. The zero-order valence-electron chi connectivity index (χ0n) is 10.6. The molecule has 4 heteroatoms. The molecule has 2 aromatic carbocycles. The number of carbonyl (C=O) groups excluding carboxylic acids is 1. The van der Waals surface area contributed by atoms with Crippen molar-refractivity contribution >= 4 is 29.2 Å². The van der Waals surface area contributed by atoms with Crippen LogP contribution >= 0.6 is 23.2 Å². The minimum atomic E-state index is -0.247. The minimum absolute atomic E-state index is 0.133. The second kappa shape index (κ2) is 5.47. The summed E-state index contributed by atoms with van der Waals surface area (Å²) in [7, 11) is 0. The molecule has 1 fully saturated rings. The SMILES string of the molecule is O=C(Oc1ccccc1Cl)C1CC1c1ccccc1Cl. The number of para-hydroxylation sites is 1. The summed E-state index contributed by atoms with van der Waals surface area (Å²) in [4.78, 5) is 12.1. The Kier molecular flexibility index (Phi) is 3.68. The Labute approximate surface area is 127 Å². The van der Waals surface area contributed by atoms with Gasteiger partial charge in [-0.05, 0) is 36.1 Å². The van der Waals surface area contributed by atoms with Crippen molar-refractivity contribution in [3.05, 3.63) is 64.1 Å². The van der Waals surface area contributed by atoms with E-state index in [2.05, 4.69) is 0 Å². The van der Waals surface area contributed by atoms with E-state index in [4.69, 9.17) is 27.9 Å². The van der Waals surface area contributed by atoms with Crippen molar-refractivity contribution in [3.63, 3.8) is 0 Å². The molecule has 2 aromatic rings. The Morgan fingerprint density at radius 1 is 1.00 bits per heavy atom. The summed E-state index contributed by atoms with van der Waals surface area (Å²) in [5.41, 5.74) is 1.01. The van der Waals surface area contributed by atoms with Gasteiger partial charge in [0.25, 0.3) is 0 Å². The fraction of sp³-hybridized carbons (Fsp3) is 0.188. The number of carbonyl (C=O) groups is 1. The molecule has 2 nitrogen and oxygen atoms in total. The highest BCUT2D eigenvalue weighted by atomic mass is 35.5. The Balaban J connectivity index is 1.69. The quantitative estimate of drug-likeness (QED) is 0.607. The lowest BCUT2D eigenvalue weighted by Gasteiger charge is -2.06. The van der Waals surface area contributed by atoms with Crippen LogP contribution in [0, 0.1) is 5.92 Å². The van der Waals surface area contributed by atoms with Crippen LogP contribution in [0.15, 0.2) is 48.5 Å². The molecular weight excluding hydrogens is 295 g/mol. The summed E-state index contributed by atoms with van der Waals surface area (Å²) in [5.74, 6) is 0.178. The topological polar surface area (TPSA) is 26.3 Å². The fourth-order valence-corrected chi connectivity index (χ4v) is 2.74. The number of rotatable bonds is 3. The molecule has 1 aliphatic carbocycles. The molecule has 3 rings (SSSR count). The molecule has 1 aliphatic rings. The van der Waals surface area contributed by atoms with Crippen LogP contribution in [-0.2, 0) is 4.79 Å². The van der Waals surface area contributed by atoms with Crippen molar-refractivity contribution in [2.75, 3.05) is 0 Å². The van der Waals surface area contributed by atoms with Gasteiger partial charge in [0, 0.05) is 5.02 Å². The van der Waals surface area contributed by atoms with Crippen LogP contribution in [-0.4, -0.2) is 5.97 Å². The van der Waals surface area contributed by atoms with Gasteiger partial charge in [-0.25, -0.2) is 0 Å². The Hall–Kier alpha value is -1.51. The van der Waals surface area contributed by atoms with Crippen molar-refractivity contribution in [2.45, 2.75) is 12.3 Å². The predicted octanol–water partition coefficient (Wildman–Crippen LogP) is 4.70. The lowest BCUT2D eigenvalue weighted by Crippen LogP contribution is -2.11. The van der Waals surface area contributed by atoms with E-state index in [-0.39, 0.29) is 17.8 Å². The van der Waals surface area contributed by atoms with Gasteiger partial charge in [-0.3, -0.25) is 4.79 Å². The Morgan fingerprint density at radius 2 is 1.65 bits per heavy atom. The summed E-state index contributed by atoms with van der Waals surface area (Å²) in [5, 5.41) is 1.14. The molecule has 0 radical (unpaired) electrons. The van der Waals surface area contributed by atoms with Crippen molar-refractivity contribution in [2.24, 2.45) is 5.92 Å². The van der Waals surface area contributed by atoms with Crippen molar-refractivity contribution in [1.29, 1.82) is 0 Å². The van der Waals surface area contributed by atoms with Crippen LogP contribution in [0.5, 0.6) is 5.75 Å². The minimum Gasteiger partial charge on any atom is -0.425 e. The molecule has 2 unspecified atom stereocenters. The van der Waals surface area contributed by atoms with Crippen molar-refractivity contribution in [3.8, 4) is 5.75 Å². The Morgan fingerprint density at radius 3 is 2.35 bits per heavy atom. The molecule has 0 heterocycles. The molecule has 0 spiro atoms. The summed E-state index contributed by atoms with van der Waals surface area (Å²) in [6, 6.07) is 14.6. The highest BCUT2D eigenvalue weighted by molar-refractivity contribution is 6.32.